The molecule has 0 radical (unpaired) electrons. The number of carbonyl (C=O) groups is 2. The van der Waals surface area contributed by atoms with E-state index in [9.17, 15) is 39.5 Å². The van der Waals surface area contributed by atoms with Gasteiger partial charge in [0.25, 0.3) is 11.4 Å². The third-order valence-corrected chi connectivity index (χ3v) is 5.63. The maximum atomic E-state index is 12.3. The SMILES string of the molecule is COC(=O)[C@H](CCO[P+](=O)C(O)c1ccc([N+](=O)[O-])cc1[N+](=O)[O-])NC(=O)OCc1ccccc1. The molecule has 2 rings (SSSR count). The number of benzene rings is 2. The highest BCUT2D eigenvalue weighted by molar-refractivity contribution is 7.39. The normalized spacial score (nSPS) is 12.7. The highest BCUT2D eigenvalue weighted by Gasteiger charge is 2.39. The average molecular weight is 510 g/mol. The van der Waals surface area contributed by atoms with Crippen LogP contribution in [0.3, 0.4) is 0 Å². The number of amides is 1. The number of non-ortho nitro benzene ring substituents is 1. The molecule has 186 valence electrons. The Hall–Kier alpha value is -4.00. The number of carbonyl (C=O) groups excluding carboxylic acids is 2. The molecule has 2 aromatic rings. The van der Waals surface area contributed by atoms with E-state index < -0.39 is 65.4 Å². The standard InChI is InChI=1S/C20H20N3O11P/c1-32-18(24)16(21-20(26)33-12-13-5-3-2-4-6-13)9-10-34-35(31)19(25)15-8-7-14(22(27)28)11-17(15)23(29)30/h2-8,11,16,19,25H,9-10,12H2,1H3/p+1/t16-,19?/m0/s1. The van der Waals surface area contributed by atoms with Gasteiger partial charge in [-0.2, -0.15) is 0 Å². The van der Waals surface area contributed by atoms with Gasteiger partial charge >= 0.3 is 25.9 Å². The molecule has 0 spiro atoms. The number of ether oxygens (including phenoxy) is 2. The minimum atomic E-state index is -2.96. The number of methoxy groups -OCH3 is 1. The van der Waals surface area contributed by atoms with Gasteiger partial charge in [0.2, 0.25) is 0 Å². The Labute approximate surface area is 199 Å². The van der Waals surface area contributed by atoms with Crippen LogP contribution >= 0.6 is 8.03 Å². The van der Waals surface area contributed by atoms with Crippen molar-refractivity contribution in [1.29, 1.82) is 0 Å². The number of nitrogens with zero attached hydrogens (tertiary/aromatic N) is 2. The number of nitrogens with one attached hydrogen (secondary N) is 1. The number of hydrogen-bond acceptors (Lipinski definition) is 11. The Balaban J connectivity index is 1.96. The van der Waals surface area contributed by atoms with Crippen molar-refractivity contribution in [2.75, 3.05) is 13.7 Å². The minimum absolute atomic E-state index is 0.0524. The van der Waals surface area contributed by atoms with E-state index in [4.69, 9.17) is 9.26 Å². The molecule has 0 heterocycles. The topological polar surface area (TPSA) is 197 Å². The van der Waals surface area contributed by atoms with E-state index in [1.54, 1.807) is 30.3 Å². The fourth-order valence-electron chi connectivity index (χ4n) is 2.77. The molecular formula is C20H21N3O11P+. The number of esters is 1. The van der Waals surface area contributed by atoms with Crippen LogP contribution in [0.4, 0.5) is 16.2 Å². The first kappa shape index (κ1) is 27.2. The zero-order valence-corrected chi connectivity index (χ0v) is 19.2. The van der Waals surface area contributed by atoms with E-state index in [1.165, 1.54) is 0 Å². The Morgan fingerprint density at radius 3 is 2.40 bits per heavy atom. The summed E-state index contributed by atoms with van der Waals surface area (Å²) in [5, 5.41) is 34.6. The maximum absolute atomic E-state index is 12.3. The second-order valence-electron chi connectivity index (χ2n) is 6.82. The summed E-state index contributed by atoms with van der Waals surface area (Å²) in [5.41, 5.74) is -1.13. The molecule has 0 aliphatic carbocycles. The molecular weight excluding hydrogens is 489 g/mol. The summed E-state index contributed by atoms with van der Waals surface area (Å²) >= 11 is 0. The average Bonchev–Trinajstić information content (AvgIpc) is 2.85. The van der Waals surface area contributed by atoms with Crippen molar-refractivity contribution in [3.05, 3.63) is 79.9 Å². The van der Waals surface area contributed by atoms with Crippen LogP contribution in [0.25, 0.3) is 0 Å². The molecule has 14 nitrogen and oxygen atoms in total. The lowest BCUT2D eigenvalue weighted by atomic mass is 10.1. The third-order valence-electron chi connectivity index (χ3n) is 4.51. The third kappa shape index (κ3) is 8.07. The Morgan fingerprint density at radius 2 is 1.80 bits per heavy atom. The van der Waals surface area contributed by atoms with Crippen LogP contribution < -0.4 is 5.32 Å². The Kier molecular flexibility index (Phi) is 10.1. The summed E-state index contributed by atoms with van der Waals surface area (Å²) in [6.45, 7) is -0.477. The van der Waals surface area contributed by atoms with Crippen molar-refractivity contribution < 1.29 is 43.1 Å². The van der Waals surface area contributed by atoms with Crippen molar-refractivity contribution in [2.24, 2.45) is 0 Å². The summed E-state index contributed by atoms with van der Waals surface area (Å²) in [6, 6.07) is 9.96. The predicted molar refractivity (Wildman–Crippen MR) is 118 cm³/mol. The van der Waals surface area contributed by atoms with Crippen LogP contribution in [0.1, 0.15) is 23.4 Å². The quantitative estimate of drug-likeness (QED) is 0.184. The highest BCUT2D eigenvalue weighted by atomic mass is 31.1. The van der Waals surface area contributed by atoms with E-state index in [0.29, 0.717) is 11.6 Å². The van der Waals surface area contributed by atoms with Gasteiger partial charge in [-0.15, -0.1) is 4.52 Å². The van der Waals surface area contributed by atoms with Crippen LogP contribution in [0.2, 0.25) is 0 Å². The van der Waals surface area contributed by atoms with Gasteiger partial charge in [0.1, 0.15) is 24.8 Å². The molecule has 1 amide bonds. The van der Waals surface area contributed by atoms with E-state index in [1.807, 2.05) is 0 Å². The molecule has 35 heavy (non-hydrogen) atoms. The van der Waals surface area contributed by atoms with Crippen molar-refractivity contribution in [3.63, 3.8) is 0 Å². The first-order valence-electron chi connectivity index (χ1n) is 9.89. The Bertz CT molecular complexity index is 1100. The number of aliphatic hydroxyl groups excluding tert-OH is 1. The summed E-state index contributed by atoms with van der Waals surface area (Å²) in [5.74, 6) is -2.82. The van der Waals surface area contributed by atoms with Gasteiger partial charge in [-0.1, -0.05) is 30.3 Å². The molecule has 2 aromatic carbocycles. The molecule has 0 fully saturated rings. The summed E-state index contributed by atoms with van der Waals surface area (Å²) in [4.78, 5) is 44.2. The molecule has 0 saturated heterocycles. The van der Waals surface area contributed by atoms with Gasteiger partial charge in [-0.05, 0) is 16.2 Å². The summed E-state index contributed by atoms with van der Waals surface area (Å²) in [7, 11) is -1.87. The maximum Gasteiger partial charge on any atom is 0.545 e. The van der Waals surface area contributed by atoms with Gasteiger partial charge in [0.05, 0.1) is 23.0 Å². The fourth-order valence-corrected chi connectivity index (χ4v) is 3.64. The largest absolute Gasteiger partial charge is 0.545 e. The second-order valence-corrected chi connectivity index (χ2v) is 8.14. The van der Waals surface area contributed by atoms with Crippen molar-refractivity contribution in [2.45, 2.75) is 24.9 Å². The molecule has 2 N–H and O–H groups in total. The van der Waals surface area contributed by atoms with E-state index in [0.717, 1.165) is 19.2 Å². The minimum Gasteiger partial charge on any atom is -0.467 e. The molecule has 0 aromatic heterocycles. The van der Waals surface area contributed by atoms with Gasteiger partial charge in [0, 0.05) is 12.5 Å². The number of nitro groups is 2. The van der Waals surface area contributed by atoms with Gasteiger partial charge in [0.15, 0.2) is 0 Å². The first-order valence-corrected chi connectivity index (χ1v) is 11.1. The zero-order chi connectivity index (χ0) is 26.0. The summed E-state index contributed by atoms with van der Waals surface area (Å²) < 4.78 is 27.0. The molecule has 3 atom stereocenters. The van der Waals surface area contributed by atoms with Crippen LogP contribution in [0, 0.1) is 20.2 Å². The van der Waals surface area contributed by atoms with Gasteiger partial charge in [-0.3, -0.25) is 20.2 Å². The lowest BCUT2D eigenvalue weighted by molar-refractivity contribution is -0.394. The number of alkyl carbamates (subject to hydrolysis) is 1. The summed E-state index contributed by atoms with van der Waals surface area (Å²) in [6.07, 6.45) is -1.15. The number of nitro benzene ring substituents is 2. The predicted octanol–water partition coefficient (Wildman–Crippen LogP) is 3.11. The van der Waals surface area contributed by atoms with E-state index in [-0.39, 0.29) is 13.0 Å². The molecule has 0 aliphatic rings. The lowest BCUT2D eigenvalue weighted by Crippen LogP contribution is -2.42. The van der Waals surface area contributed by atoms with Gasteiger partial charge < -0.3 is 19.9 Å². The first-order chi connectivity index (χ1) is 16.6. The van der Waals surface area contributed by atoms with Crippen molar-refractivity contribution in [3.8, 4) is 0 Å². The number of hydrogen-bond donors (Lipinski definition) is 2. The van der Waals surface area contributed by atoms with Crippen LogP contribution in [0.15, 0.2) is 48.5 Å². The lowest BCUT2D eigenvalue weighted by Gasteiger charge is -2.15. The van der Waals surface area contributed by atoms with Crippen molar-refractivity contribution >= 4 is 31.5 Å². The number of aliphatic hydroxyl groups is 1. The van der Waals surface area contributed by atoms with Gasteiger partial charge in [-0.25, -0.2) is 9.59 Å². The smallest absolute Gasteiger partial charge is 0.467 e. The molecule has 0 saturated carbocycles. The molecule has 2 unspecified atom stereocenters. The fraction of sp³-hybridized carbons (Fsp3) is 0.300. The number of rotatable bonds is 12. The van der Waals surface area contributed by atoms with Crippen molar-refractivity contribution in [1.82, 2.24) is 5.32 Å². The van der Waals surface area contributed by atoms with E-state index in [2.05, 4.69) is 10.1 Å². The second kappa shape index (κ2) is 13.0. The molecule has 15 heteroatoms. The van der Waals surface area contributed by atoms with E-state index >= 15 is 0 Å². The zero-order valence-electron chi connectivity index (χ0n) is 18.3. The highest BCUT2D eigenvalue weighted by Crippen LogP contribution is 2.44. The monoisotopic (exact) mass is 510 g/mol. The Morgan fingerprint density at radius 1 is 1.11 bits per heavy atom. The van der Waals surface area contributed by atoms with Crippen LogP contribution in [-0.4, -0.2) is 46.8 Å². The molecule has 0 aliphatic heterocycles. The van der Waals surface area contributed by atoms with Crippen LogP contribution in [0.5, 0.6) is 0 Å². The molecule has 0 bridgehead atoms. The van der Waals surface area contributed by atoms with Crippen LogP contribution in [-0.2, 0) is 30.0 Å².